The molecule has 1 nitrogen and oxygen atoms in total. The Labute approximate surface area is 70.8 Å². The molecule has 1 atom stereocenters. The van der Waals surface area contributed by atoms with Crippen LogP contribution in [0.3, 0.4) is 0 Å². The van der Waals surface area contributed by atoms with Crippen LogP contribution in [-0.4, -0.2) is 23.5 Å². The van der Waals surface area contributed by atoms with Gasteiger partial charge >= 0.3 is 0 Å². The highest BCUT2D eigenvalue weighted by Gasteiger charge is 2.20. The molecule has 0 rings (SSSR count). The Morgan fingerprint density at radius 1 is 1.45 bits per heavy atom. The molecule has 0 aromatic carbocycles. The average molecular weight is 153 g/mol. The van der Waals surface area contributed by atoms with Crippen LogP contribution in [-0.2, 0) is 0 Å². The van der Waals surface area contributed by atoms with Crippen LogP contribution < -0.4 is 0 Å². The molecule has 0 amide bonds. The van der Waals surface area contributed by atoms with Crippen molar-refractivity contribution in [3.8, 4) is 12.3 Å². The second-order valence-electron chi connectivity index (χ2n) is 4.04. The Morgan fingerprint density at radius 3 is 2.18 bits per heavy atom. The van der Waals surface area contributed by atoms with Crippen molar-refractivity contribution in [2.75, 3.05) is 7.05 Å². The van der Waals surface area contributed by atoms with Crippen molar-refractivity contribution in [2.24, 2.45) is 0 Å². The van der Waals surface area contributed by atoms with Crippen LogP contribution >= 0.6 is 0 Å². The van der Waals surface area contributed by atoms with Gasteiger partial charge in [0.25, 0.3) is 0 Å². The molecule has 0 N–H and O–H groups in total. The van der Waals surface area contributed by atoms with Gasteiger partial charge in [-0.25, -0.2) is 0 Å². The quantitative estimate of drug-likeness (QED) is 0.549. The highest BCUT2D eigenvalue weighted by molar-refractivity contribution is 4.90. The van der Waals surface area contributed by atoms with E-state index >= 15 is 0 Å². The van der Waals surface area contributed by atoms with Gasteiger partial charge < -0.3 is 0 Å². The molecule has 64 valence electrons. The van der Waals surface area contributed by atoms with Gasteiger partial charge in [-0.15, -0.1) is 12.3 Å². The number of hydrogen-bond donors (Lipinski definition) is 0. The fourth-order valence-corrected chi connectivity index (χ4v) is 0.969. The summed E-state index contributed by atoms with van der Waals surface area (Å²) in [4.78, 5) is 2.30. The van der Waals surface area contributed by atoms with E-state index in [2.05, 4.69) is 45.6 Å². The number of rotatable bonds is 2. The Balaban J connectivity index is 4.04. The fraction of sp³-hybridized carbons (Fsp3) is 0.800. The lowest BCUT2D eigenvalue weighted by atomic mass is 10.0. The minimum absolute atomic E-state index is 0.219. The van der Waals surface area contributed by atoms with Crippen molar-refractivity contribution in [3.05, 3.63) is 0 Å². The summed E-state index contributed by atoms with van der Waals surface area (Å²) in [5.41, 5.74) is 0.219. The highest BCUT2D eigenvalue weighted by Crippen LogP contribution is 2.15. The standard InChI is InChI=1S/C10H19N/c1-7-8-9(2)11(6)10(3,4)5/h1,9H,8H2,2-6H3/t9-/m0/s1. The monoisotopic (exact) mass is 153 g/mol. The normalized spacial score (nSPS) is 14.6. The molecule has 0 bridgehead atoms. The van der Waals surface area contributed by atoms with Gasteiger partial charge in [-0.1, -0.05) is 0 Å². The van der Waals surface area contributed by atoms with Crippen LogP contribution in [0.15, 0.2) is 0 Å². The van der Waals surface area contributed by atoms with Gasteiger partial charge in [0.1, 0.15) is 0 Å². The van der Waals surface area contributed by atoms with E-state index in [1.165, 1.54) is 0 Å². The van der Waals surface area contributed by atoms with E-state index in [-0.39, 0.29) is 5.54 Å². The molecule has 0 unspecified atom stereocenters. The third kappa shape index (κ3) is 3.43. The first kappa shape index (κ1) is 10.5. The van der Waals surface area contributed by atoms with Crippen LogP contribution in [0.1, 0.15) is 34.1 Å². The molecule has 1 heteroatoms. The molecule has 0 aliphatic heterocycles. The molecule has 0 saturated heterocycles. The van der Waals surface area contributed by atoms with E-state index in [9.17, 15) is 0 Å². The molecule has 0 spiro atoms. The highest BCUT2D eigenvalue weighted by atomic mass is 15.2. The summed E-state index contributed by atoms with van der Waals surface area (Å²) in [6.45, 7) is 8.74. The van der Waals surface area contributed by atoms with Gasteiger partial charge in [0.15, 0.2) is 0 Å². The van der Waals surface area contributed by atoms with E-state index in [0.29, 0.717) is 6.04 Å². The first-order valence-corrected chi connectivity index (χ1v) is 4.06. The molecule has 0 aliphatic carbocycles. The maximum Gasteiger partial charge on any atom is 0.0240 e. The molecule has 0 aromatic heterocycles. The molecule has 0 heterocycles. The summed E-state index contributed by atoms with van der Waals surface area (Å²) in [6.07, 6.45) is 6.06. The molecular weight excluding hydrogens is 134 g/mol. The number of nitrogens with zero attached hydrogens (tertiary/aromatic N) is 1. The molecule has 0 saturated carbocycles. The smallest absolute Gasteiger partial charge is 0.0240 e. The molecule has 0 aromatic rings. The van der Waals surface area contributed by atoms with Gasteiger partial charge in [-0.05, 0) is 34.7 Å². The van der Waals surface area contributed by atoms with Crippen LogP contribution in [0.2, 0.25) is 0 Å². The third-order valence-corrected chi connectivity index (χ3v) is 2.13. The van der Waals surface area contributed by atoms with Crippen molar-refractivity contribution in [2.45, 2.75) is 45.7 Å². The van der Waals surface area contributed by atoms with Gasteiger partial charge in [-0.2, -0.15) is 0 Å². The van der Waals surface area contributed by atoms with Gasteiger partial charge in [0, 0.05) is 18.0 Å². The van der Waals surface area contributed by atoms with Crippen LogP contribution in [0.5, 0.6) is 0 Å². The zero-order valence-corrected chi connectivity index (χ0v) is 8.31. The first-order valence-electron chi connectivity index (χ1n) is 4.06. The lowest BCUT2D eigenvalue weighted by molar-refractivity contribution is 0.128. The minimum atomic E-state index is 0.219. The van der Waals surface area contributed by atoms with Crippen molar-refractivity contribution in [3.63, 3.8) is 0 Å². The molecule has 0 fully saturated rings. The summed E-state index contributed by atoms with van der Waals surface area (Å²) >= 11 is 0. The van der Waals surface area contributed by atoms with E-state index < -0.39 is 0 Å². The van der Waals surface area contributed by atoms with Crippen molar-refractivity contribution in [1.29, 1.82) is 0 Å². The Hall–Kier alpha value is -0.480. The number of hydrogen-bond acceptors (Lipinski definition) is 1. The van der Waals surface area contributed by atoms with Gasteiger partial charge in [-0.3, -0.25) is 4.90 Å². The van der Waals surface area contributed by atoms with Crippen LogP contribution in [0, 0.1) is 12.3 Å². The topological polar surface area (TPSA) is 3.24 Å². The summed E-state index contributed by atoms with van der Waals surface area (Å²) < 4.78 is 0. The van der Waals surface area contributed by atoms with Crippen molar-refractivity contribution in [1.82, 2.24) is 4.90 Å². The maximum atomic E-state index is 5.23. The van der Waals surface area contributed by atoms with E-state index in [1.54, 1.807) is 0 Å². The Kier molecular flexibility index (Phi) is 3.62. The largest absolute Gasteiger partial charge is 0.298 e. The predicted molar refractivity (Wildman–Crippen MR) is 50.4 cm³/mol. The summed E-state index contributed by atoms with van der Waals surface area (Å²) in [7, 11) is 2.11. The van der Waals surface area contributed by atoms with E-state index in [4.69, 9.17) is 6.42 Å². The number of terminal acetylenes is 1. The van der Waals surface area contributed by atoms with Crippen molar-refractivity contribution < 1.29 is 0 Å². The zero-order valence-electron chi connectivity index (χ0n) is 8.31. The summed E-state index contributed by atoms with van der Waals surface area (Å²) in [6, 6.07) is 0.472. The van der Waals surface area contributed by atoms with Crippen molar-refractivity contribution >= 4 is 0 Å². The Bertz CT molecular complexity index is 147. The summed E-state index contributed by atoms with van der Waals surface area (Å²) in [5.74, 6) is 2.68. The van der Waals surface area contributed by atoms with E-state index in [1.807, 2.05) is 0 Å². The zero-order chi connectivity index (χ0) is 9.07. The molecule has 11 heavy (non-hydrogen) atoms. The van der Waals surface area contributed by atoms with Gasteiger partial charge in [0.2, 0.25) is 0 Å². The third-order valence-electron chi connectivity index (χ3n) is 2.13. The minimum Gasteiger partial charge on any atom is -0.298 e. The SMILES string of the molecule is C#CC[C@H](C)N(C)C(C)(C)C. The lowest BCUT2D eigenvalue weighted by Gasteiger charge is -2.36. The Morgan fingerprint density at radius 2 is 1.91 bits per heavy atom. The fourth-order valence-electron chi connectivity index (χ4n) is 0.969. The predicted octanol–water partition coefficient (Wildman–Crippen LogP) is 2.13. The molecule has 0 radical (unpaired) electrons. The molecular formula is C10H19N. The summed E-state index contributed by atoms with van der Waals surface area (Å²) in [5, 5.41) is 0. The second-order valence-corrected chi connectivity index (χ2v) is 4.04. The lowest BCUT2D eigenvalue weighted by Crippen LogP contribution is -2.43. The maximum absolute atomic E-state index is 5.23. The molecule has 0 aliphatic rings. The van der Waals surface area contributed by atoms with Gasteiger partial charge in [0.05, 0.1) is 0 Å². The average Bonchev–Trinajstić information content (AvgIpc) is 1.85. The van der Waals surface area contributed by atoms with Crippen LogP contribution in [0.25, 0.3) is 0 Å². The van der Waals surface area contributed by atoms with E-state index in [0.717, 1.165) is 6.42 Å². The second kappa shape index (κ2) is 3.78. The van der Waals surface area contributed by atoms with Crippen LogP contribution in [0.4, 0.5) is 0 Å². The first-order chi connectivity index (χ1) is 4.89.